The minimum absolute atomic E-state index is 0.0952. The molecule has 6 heteroatoms. The average molecular weight is 282 g/mol. The van der Waals surface area contributed by atoms with Gasteiger partial charge in [0.25, 0.3) is 5.91 Å². The number of hydrogen-bond donors (Lipinski definition) is 1. The predicted octanol–water partition coefficient (Wildman–Crippen LogP) is 2.97. The Labute approximate surface area is 113 Å². The molecule has 1 aromatic heterocycles. The van der Waals surface area contributed by atoms with Crippen molar-refractivity contribution < 1.29 is 13.6 Å². The van der Waals surface area contributed by atoms with Crippen LogP contribution in [0.1, 0.15) is 25.9 Å². The van der Waals surface area contributed by atoms with E-state index >= 15 is 0 Å². The Morgan fingerprint density at radius 3 is 2.63 bits per heavy atom. The third-order valence-electron chi connectivity index (χ3n) is 2.59. The molecular formula is C13H12F2N2OS. The third kappa shape index (κ3) is 3.14. The van der Waals surface area contributed by atoms with Gasteiger partial charge in [0.1, 0.15) is 0 Å². The summed E-state index contributed by atoms with van der Waals surface area (Å²) < 4.78 is 25.8. The van der Waals surface area contributed by atoms with Crippen molar-refractivity contribution in [1.82, 2.24) is 10.3 Å². The summed E-state index contributed by atoms with van der Waals surface area (Å²) in [5, 5.41) is 3.58. The van der Waals surface area contributed by atoms with Gasteiger partial charge in [-0.2, -0.15) is 0 Å². The number of carbonyl (C=O) groups excluding carboxylic acids is 1. The second kappa shape index (κ2) is 5.44. The van der Waals surface area contributed by atoms with Crippen LogP contribution in [0.2, 0.25) is 0 Å². The number of nitrogens with one attached hydrogen (secondary N) is 1. The summed E-state index contributed by atoms with van der Waals surface area (Å²) in [6, 6.07) is 3.07. The van der Waals surface area contributed by atoms with Gasteiger partial charge >= 0.3 is 0 Å². The summed E-state index contributed by atoms with van der Waals surface area (Å²) in [6.45, 7) is 4.08. The molecule has 1 heterocycles. The van der Waals surface area contributed by atoms with Crippen LogP contribution in [-0.2, 0) is 6.54 Å². The largest absolute Gasteiger partial charge is 0.347 e. The average Bonchev–Trinajstić information content (AvgIpc) is 2.68. The Bertz CT molecular complexity index is 625. The second-order valence-electron chi connectivity index (χ2n) is 4.05. The highest BCUT2D eigenvalue weighted by atomic mass is 32.1. The molecule has 100 valence electrons. The Hall–Kier alpha value is -1.82. The molecule has 1 aromatic carbocycles. The number of nitrogens with zero attached hydrogens (tertiary/aromatic N) is 1. The van der Waals surface area contributed by atoms with Crippen molar-refractivity contribution in [2.24, 2.45) is 0 Å². The van der Waals surface area contributed by atoms with E-state index < -0.39 is 17.5 Å². The van der Waals surface area contributed by atoms with Gasteiger partial charge in [0.05, 0.1) is 17.2 Å². The number of thiazole rings is 1. The maximum absolute atomic E-state index is 13.0. The molecule has 0 atom stereocenters. The van der Waals surface area contributed by atoms with Crippen LogP contribution in [0.3, 0.4) is 0 Å². The Kier molecular flexibility index (Phi) is 3.90. The van der Waals surface area contributed by atoms with Crippen LogP contribution in [0.25, 0.3) is 0 Å². The highest BCUT2D eigenvalue weighted by Crippen LogP contribution is 2.17. The van der Waals surface area contributed by atoms with E-state index in [9.17, 15) is 13.6 Å². The van der Waals surface area contributed by atoms with Crippen LogP contribution in [0, 0.1) is 25.5 Å². The molecule has 0 aliphatic rings. The fraction of sp³-hybridized carbons (Fsp3) is 0.231. The highest BCUT2D eigenvalue weighted by Gasteiger charge is 2.11. The lowest BCUT2D eigenvalue weighted by Crippen LogP contribution is -2.22. The van der Waals surface area contributed by atoms with Crippen molar-refractivity contribution in [3.8, 4) is 0 Å². The first kappa shape index (κ1) is 13.6. The molecule has 0 radical (unpaired) electrons. The van der Waals surface area contributed by atoms with Gasteiger partial charge in [-0.15, -0.1) is 11.3 Å². The third-order valence-corrected chi connectivity index (χ3v) is 3.66. The predicted molar refractivity (Wildman–Crippen MR) is 69.1 cm³/mol. The number of benzene rings is 1. The fourth-order valence-corrected chi connectivity index (χ4v) is 2.51. The summed E-state index contributed by atoms with van der Waals surface area (Å²) in [7, 11) is 0. The fourth-order valence-electron chi connectivity index (χ4n) is 1.64. The molecule has 0 bridgehead atoms. The van der Waals surface area contributed by atoms with Gasteiger partial charge in [-0.3, -0.25) is 4.79 Å². The zero-order valence-corrected chi connectivity index (χ0v) is 11.3. The molecule has 2 aromatic rings. The summed E-state index contributed by atoms with van der Waals surface area (Å²) >= 11 is 1.50. The molecule has 3 nitrogen and oxygen atoms in total. The molecule has 1 N–H and O–H groups in total. The summed E-state index contributed by atoms with van der Waals surface area (Å²) in [5.74, 6) is -2.44. The van der Waals surface area contributed by atoms with Crippen LogP contribution < -0.4 is 5.32 Å². The van der Waals surface area contributed by atoms with Gasteiger partial charge in [0.2, 0.25) is 0 Å². The molecule has 0 unspecified atom stereocenters. The van der Waals surface area contributed by atoms with E-state index in [-0.39, 0.29) is 5.56 Å². The molecule has 0 aliphatic heterocycles. The molecule has 0 saturated carbocycles. The number of carbonyl (C=O) groups is 1. The van der Waals surface area contributed by atoms with Crippen molar-refractivity contribution in [1.29, 1.82) is 0 Å². The summed E-state index contributed by atoms with van der Waals surface area (Å²) in [4.78, 5) is 17.0. The van der Waals surface area contributed by atoms with E-state index in [4.69, 9.17) is 0 Å². The second-order valence-corrected chi connectivity index (χ2v) is 5.34. The topological polar surface area (TPSA) is 42.0 Å². The van der Waals surface area contributed by atoms with Crippen molar-refractivity contribution >= 4 is 17.2 Å². The van der Waals surface area contributed by atoms with E-state index in [0.717, 1.165) is 27.7 Å². The van der Waals surface area contributed by atoms with Crippen LogP contribution >= 0.6 is 11.3 Å². The Morgan fingerprint density at radius 1 is 1.32 bits per heavy atom. The minimum atomic E-state index is -1.03. The van der Waals surface area contributed by atoms with Gasteiger partial charge in [0.15, 0.2) is 11.6 Å². The van der Waals surface area contributed by atoms with E-state index in [1.807, 2.05) is 13.8 Å². The van der Waals surface area contributed by atoms with Crippen molar-refractivity contribution in [2.75, 3.05) is 0 Å². The van der Waals surface area contributed by atoms with Gasteiger partial charge in [-0.25, -0.2) is 13.8 Å². The van der Waals surface area contributed by atoms with E-state index in [1.165, 1.54) is 17.4 Å². The quantitative estimate of drug-likeness (QED) is 0.940. The molecule has 0 aliphatic carbocycles. The van der Waals surface area contributed by atoms with Gasteiger partial charge in [-0.1, -0.05) is 0 Å². The first-order chi connectivity index (χ1) is 8.97. The maximum Gasteiger partial charge on any atom is 0.251 e. The maximum atomic E-state index is 13.0. The Balaban J connectivity index is 2.05. The zero-order valence-electron chi connectivity index (χ0n) is 10.5. The van der Waals surface area contributed by atoms with Crippen molar-refractivity contribution in [2.45, 2.75) is 20.4 Å². The molecule has 0 saturated heterocycles. The molecule has 2 rings (SSSR count). The lowest BCUT2D eigenvalue weighted by Gasteiger charge is -2.04. The molecule has 0 spiro atoms. The number of aromatic nitrogens is 1. The number of halogens is 2. The number of rotatable bonds is 3. The SMILES string of the molecule is Cc1nc(C)c(CNC(=O)c2ccc(F)c(F)c2)s1. The number of amides is 1. The molecule has 0 fully saturated rings. The molecular weight excluding hydrogens is 270 g/mol. The molecule has 1 amide bonds. The number of aryl methyl sites for hydroxylation is 2. The lowest BCUT2D eigenvalue weighted by atomic mass is 10.2. The Morgan fingerprint density at radius 2 is 2.05 bits per heavy atom. The first-order valence-corrected chi connectivity index (χ1v) is 6.45. The smallest absolute Gasteiger partial charge is 0.251 e. The summed E-state index contributed by atoms with van der Waals surface area (Å²) in [6.07, 6.45) is 0. The first-order valence-electron chi connectivity index (χ1n) is 5.63. The highest BCUT2D eigenvalue weighted by molar-refractivity contribution is 7.11. The summed E-state index contributed by atoms with van der Waals surface area (Å²) in [5.41, 5.74) is 0.964. The van der Waals surface area contributed by atoms with Crippen LogP contribution in [-0.4, -0.2) is 10.9 Å². The van der Waals surface area contributed by atoms with Crippen LogP contribution in [0.4, 0.5) is 8.78 Å². The normalized spacial score (nSPS) is 10.5. The van der Waals surface area contributed by atoms with Gasteiger partial charge < -0.3 is 5.32 Å². The lowest BCUT2D eigenvalue weighted by molar-refractivity contribution is 0.0950. The standard InChI is InChI=1S/C13H12F2N2OS/c1-7-12(19-8(2)17-7)6-16-13(18)9-3-4-10(14)11(15)5-9/h3-5H,6H2,1-2H3,(H,16,18). The van der Waals surface area contributed by atoms with Crippen LogP contribution in [0.5, 0.6) is 0 Å². The van der Waals surface area contributed by atoms with E-state index in [1.54, 1.807) is 0 Å². The zero-order chi connectivity index (χ0) is 14.0. The van der Waals surface area contributed by atoms with E-state index in [0.29, 0.717) is 6.54 Å². The monoisotopic (exact) mass is 282 g/mol. The van der Waals surface area contributed by atoms with Crippen molar-refractivity contribution in [3.63, 3.8) is 0 Å². The van der Waals surface area contributed by atoms with E-state index in [2.05, 4.69) is 10.3 Å². The van der Waals surface area contributed by atoms with Crippen LogP contribution in [0.15, 0.2) is 18.2 Å². The minimum Gasteiger partial charge on any atom is -0.347 e. The molecule has 19 heavy (non-hydrogen) atoms. The van der Waals surface area contributed by atoms with Crippen molar-refractivity contribution in [3.05, 3.63) is 51.0 Å². The number of hydrogen-bond acceptors (Lipinski definition) is 3. The van der Waals surface area contributed by atoms with Gasteiger partial charge in [0, 0.05) is 10.4 Å². The van der Waals surface area contributed by atoms with Gasteiger partial charge in [-0.05, 0) is 32.0 Å².